The Hall–Kier alpha value is -3.67. The Labute approximate surface area is 191 Å². The van der Waals surface area contributed by atoms with Gasteiger partial charge in [0.05, 0.1) is 11.3 Å². The van der Waals surface area contributed by atoms with E-state index in [-0.39, 0.29) is 23.7 Å². The average molecular weight is 440 g/mol. The maximum absolute atomic E-state index is 13.6. The van der Waals surface area contributed by atoms with Gasteiger partial charge >= 0.3 is 0 Å². The van der Waals surface area contributed by atoms with Crippen LogP contribution in [0.5, 0.6) is 0 Å². The van der Waals surface area contributed by atoms with Gasteiger partial charge in [0.1, 0.15) is 5.52 Å². The Kier molecular flexibility index (Phi) is 4.86. The van der Waals surface area contributed by atoms with Crippen molar-refractivity contribution >= 4 is 39.4 Å². The van der Waals surface area contributed by atoms with Crippen molar-refractivity contribution in [1.82, 2.24) is 9.88 Å². The number of aromatic nitrogens is 1. The molecule has 2 amide bonds. The Bertz CT molecular complexity index is 1330. The molecule has 2 fully saturated rings. The molecule has 1 aliphatic heterocycles. The van der Waals surface area contributed by atoms with Crippen LogP contribution in [-0.2, 0) is 4.79 Å². The van der Waals surface area contributed by atoms with Crippen LogP contribution in [0.1, 0.15) is 47.8 Å². The van der Waals surface area contributed by atoms with Gasteiger partial charge in [0, 0.05) is 24.9 Å². The van der Waals surface area contributed by atoms with Crippen LogP contribution in [0.2, 0.25) is 0 Å². The third-order valence-electron chi connectivity index (χ3n) is 6.76. The van der Waals surface area contributed by atoms with Crippen molar-refractivity contribution in [2.45, 2.75) is 31.6 Å². The fourth-order valence-electron chi connectivity index (χ4n) is 4.67. The summed E-state index contributed by atoms with van der Waals surface area (Å²) in [5.74, 6) is 1.00. The van der Waals surface area contributed by atoms with Crippen LogP contribution in [0, 0.1) is 5.92 Å². The van der Waals surface area contributed by atoms with Crippen LogP contribution in [0.15, 0.2) is 65.1 Å². The zero-order valence-corrected chi connectivity index (χ0v) is 18.3. The van der Waals surface area contributed by atoms with Crippen molar-refractivity contribution in [3.63, 3.8) is 0 Å². The molecule has 1 N–H and O–H groups in total. The Morgan fingerprint density at radius 2 is 1.61 bits per heavy atom. The zero-order valence-electron chi connectivity index (χ0n) is 18.3. The minimum atomic E-state index is -0.0390. The predicted octanol–water partition coefficient (Wildman–Crippen LogP) is 5.35. The highest BCUT2D eigenvalue weighted by molar-refractivity contribution is 6.08. The third-order valence-corrected chi connectivity index (χ3v) is 6.76. The Morgan fingerprint density at radius 3 is 2.33 bits per heavy atom. The van der Waals surface area contributed by atoms with Crippen molar-refractivity contribution in [2.75, 3.05) is 18.4 Å². The summed E-state index contributed by atoms with van der Waals surface area (Å²) in [6, 6.07) is 19.6. The lowest BCUT2D eigenvalue weighted by atomic mass is 9.95. The van der Waals surface area contributed by atoms with E-state index in [2.05, 4.69) is 10.3 Å². The van der Waals surface area contributed by atoms with E-state index >= 15 is 0 Å². The second-order valence-electron chi connectivity index (χ2n) is 9.09. The van der Waals surface area contributed by atoms with Gasteiger partial charge in [0.25, 0.3) is 5.91 Å². The van der Waals surface area contributed by atoms with Gasteiger partial charge in [-0.1, -0.05) is 36.4 Å². The molecule has 4 aromatic rings. The summed E-state index contributed by atoms with van der Waals surface area (Å²) in [7, 11) is 0. The molecule has 1 aliphatic carbocycles. The minimum absolute atomic E-state index is 0.00833. The molecule has 0 atom stereocenters. The smallest absolute Gasteiger partial charge is 0.255 e. The van der Waals surface area contributed by atoms with Gasteiger partial charge in [-0.2, -0.15) is 0 Å². The molecule has 33 heavy (non-hydrogen) atoms. The van der Waals surface area contributed by atoms with Gasteiger partial charge in [-0.05, 0) is 60.7 Å². The van der Waals surface area contributed by atoms with Crippen LogP contribution >= 0.6 is 0 Å². The molecule has 3 aromatic carbocycles. The largest absolute Gasteiger partial charge is 0.440 e. The van der Waals surface area contributed by atoms with Gasteiger partial charge in [-0.25, -0.2) is 4.98 Å². The summed E-state index contributed by atoms with van der Waals surface area (Å²) in [6.07, 6.45) is 3.45. The molecule has 6 heteroatoms. The number of piperidine rings is 1. The number of nitrogens with zero attached hydrogens (tertiary/aromatic N) is 2. The summed E-state index contributed by atoms with van der Waals surface area (Å²) in [4.78, 5) is 32.6. The summed E-state index contributed by atoms with van der Waals surface area (Å²) < 4.78 is 5.97. The molecular formula is C27H25N3O3. The number of hydrogen-bond acceptors (Lipinski definition) is 4. The number of para-hydroxylation sites is 2. The molecule has 1 aromatic heterocycles. The number of carbonyl (C=O) groups is 2. The first kappa shape index (κ1) is 20.0. The molecule has 2 aliphatic rings. The quantitative estimate of drug-likeness (QED) is 0.465. The summed E-state index contributed by atoms with van der Waals surface area (Å²) in [5, 5.41) is 5.02. The maximum Gasteiger partial charge on any atom is 0.255 e. The first-order valence-corrected chi connectivity index (χ1v) is 11.6. The highest BCUT2D eigenvalue weighted by atomic mass is 16.3. The maximum atomic E-state index is 13.6. The topological polar surface area (TPSA) is 75.4 Å². The molecule has 0 bridgehead atoms. The normalized spacial score (nSPS) is 16.9. The third kappa shape index (κ3) is 3.86. The van der Waals surface area contributed by atoms with Crippen LogP contribution in [-0.4, -0.2) is 34.8 Å². The van der Waals surface area contributed by atoms with E-state index in [9.17, 15) is 9.59 Å². The van der Waals surface area contributed by atoms with Gasteiger partial charge in [-0.3, -0.25) is 9.59 Å². The van der Waals surface area contributed by atoms with Gasteiger partial charge in [0.15, 0.2) is 11.5 Å². The molecular weight excluding hydrogens is 414 g/mol. The van der Waals surface area contributed by atoms with Crippen molar-refractivity contribution < 1.29 is 14.0 Å². The molecule has 2 heterocycles. The van der Waals surface area contributed by atoms with E-state index in [0.717, 1.165) is 53.4 Å². The van der Waals surface area contributed by atoms with E-state index < -0.39 is 0 Å². The predicted molar refractivity (Wildman–Crippen MR) is 127 cm³/mol. The number of carbonyl (C=O) groups excluding carboxylic acids is 2. The molecule has 6 nitrogen and oxygen atoms in total. The second-order valence-corrected chi connectivity index (χ2v) is 9.09. The highest BCUT2D eigenvalue weighted by Gasteiger charge is 2.32. The minimum Gasteiger partial charge on any atom is -0.440 e. The first-order chi connectivity index (χ1) is 16.2. The van der Waals surface area contributed by atoms with E-state index in [4.69, 9.17) is 4.42 Å². The summed E-state index contributed by atoms with van der Waals surface area (Å²) >= 11 is 0. The number of likely N-dealkylation sites (tertiary alicyclic amines) is 1. The molecule has 1 saturated carbocycles. The number of nitrogens with one attached hydrogen (secondary N) is 1. The molecule has 1 saturated heterocycles. The van der Waals surface area contributed by atoms with Gasteiger partial charge in [0.2, 0.25) is 5.91 Å². The standard InChI is InChI=1S/C27H25N3O3/c31-25(17-9-10-17)28-23-16-20-6-2-1-5-19(20)15-21(23)27(32)30-13-11-18(12-14-30)26-29-22-7-3-4-8-24(22)33-26/h1-8,15-18H,9-14H2,(H,28,31). The fraction of sp³-hybridized carbons (Fsp3) is 0.296. The number of oxazole rings is 1. The summed E-state index contributed by atoms with van der Waals surface area (Å²) in [6.45, 7) is 1.26. The monoisotopic (exact) mass is 439 g/mol. The molecule has 0 radical (unpaired) electrons. The van der Waals surface area contributed by atoms with Crippen LogP contribution < -0.4 is 5.32 Å². The lowest BCUT2D eigenvalue weighted by molar-refractivity contribution is -0.117. The fourth-order valence-corrected chi connectivity index (χ4v) is 4.67. The lowest BCUT2D eigenvalue weighted by Crippen LogP contribution is -2.38. The second kappa shape index (κ2) is 8.03. The van der Waals surface area contributed by atoms with E-state index in [1.165, 1.54) is 0 Å². The van der Waals surface area contributed by atoms with E-state index in [0.29, 0.717) is 24.3 Å². The number of anilines is 1. The average Bonchev–Trinajstić information content (AvgIpc) is 3.62. The zero-order chi connectivity index (χ0) is 22.4. The van der Waals surface area contributed by atoms with E-state index in [1.54, 1.807) is 0 Å². The molecule has 0 unspecified atom stereocenters. The van der Waals surface area contributed by atoms with Crippen molar-refractivity contribution in [1.29, 1.82) is 0 Å². The number of benzene rings is 3. The molecule has 6 rings (SSSR count). The lowest BCUT2D eigenvalue weighted by Gasteiger charge is -2.31. The first-order valence-electron chi connectivity index (χ1n) is 11.6. The van der Waals surface area contributed by atoms with Crippen LogP contribution in [0.4, 0.5) is 5.69 Å². The highest BCUT2D eigenvalue weighted by Crippen LogP contribution is 2.34. The molecule has 0 spiro atoms. The van der Waals surface area contributed by atoms with Gasteiger partial charge < -0.3 is 14.6 Å². The number of hydrogen-bond donors (Lipinski definition) is 1. The van der Waals surface area contributed by atoms with Crippen molar-refractivity contribution in [2.24, 2.45) is 5.92 Å². The Balaban J connectivity index is 1.23. The number of amides is 2. The van der Waals surface area contributed by atoms with Crippen molar-refractivity contribution in [3.8, 4) is 0 Å². The van der Waals surface area contributed by atoms with Crippen molar-refractivity contribution in [3.05, 3.63) is 72.1 Å². The summed E-state index contributed by atoms with van der Waals surface area (Å²) in [5.41, 5.74) is 2.84. The van der Waals surface area contributed by atoms with E-state index in [1.807, 2.05) is 65.6 Å². The Morgan fingerprint density at radius 1 is 0.909 bits per heavy atom. The van der Waals surface area contributed by atoms with Crippen LogP contribution in [0.3, 0.4) is 0 Å². The molecule has 166 valence electrons. The van der Waals surface area contributed by atoms with Crippen LogP contribution in [0.25, 0.3) is 21.9 Å². The number of fused-ring (bicyclic) bond motifs is 2. The number of rotatable bonds is 4. The SMILES string of the molecule is O=C(Nc1cc2ccccc2cc1C(=O)N1CCC(c2nc3ccccc3o2)CC1)C1CC1. The van der Waals surface area contributed by atoms with Gasteiger partial charge in [-0.15, -0.1) is 0 Å².